The van der Waals surface area contributed by atoms with Gasteiger partial charge in [-0.2, -0.15) is 5.10 Å². The third-order valence-corrected chi connectivity index (χ3v) is 5.24. The van der Waals surface area contributed by atoms with Gasteiger partial charge in [-0.15, -0.1) is 0 Å². The first-order chi connectivity index (χ1) is 14.6. The van der Waals surface area contributed by atoms with Crippen LogP contribution in [-0.2, 0) is 4.79 Å². The van der Waals surface area contributed by atoms with Gasteiger partial charge in [0.25, 0.3) is 5.91 Å². The lowest BCUT2D eigenvalue weighted by molar-refractivity contribution is -0.118. The van der Waals surface area contributed by atoms with E-state index in [0.29, 0.717) is 21.6 Å². The van der Waals surface area contributed by atoms with Gasteiger partial charge in [0.2, 0.25) is 0 Å². The SMILES string of the molecule is COc1ccc(-c2nc(NC(=O)COc3ccc(Cl)cc3)sc2-n2cncn2)cc1. The molecular weight excluding hydrogens is 426 g/mol. The van der Waals surface area contributed by atoms with E-state index in [2.05, 4.69) is 20.4 Å². The number of carbonyl (C=O) groups is 1. The monoisotopic (exact) mass is 441 g/mol. The first-order valence-electron chi connectivity index (χ1n) is 8.81. The molecule has 2 aromatic carbocycles. The van der Waals surface area contributed by atoms with Gasteiger partial charge in [-0.3, -0.25) is 10.1 Å². The maximum Gasteiger partial charge on any atom is 0.264 e. The lowest BCUT2D eigenvalue weighted by atomic mass is 10.1. The molecule has 0 saturated heterocycles. The Morgan fingerprint density at radius 3 is 2.53 bits per heavy atom. The second-order valence-corrected chi connectivity index (χ2v) is 7.45. The predicted octanol–water partition coefficient (Wildman–Crippen LogP) is 4.07. The lowest BCUT2D eigenvalue weighted by Crippen LogP contribution is -2.20. The Balaban J connectivity index is 1.53. The Bertz CT molecular complexity index is 1130. The van der Waals surface area contributed by atoms with Crippen LogP contribution in [0.5, 0.6) is 11.5 Å². The molecule has 0 fully saturated rings. The van der Waals surface area contributed by atoms with E-state index >= 15 is 0 Å². The van der Waals surface area contributed by atoms with Crippen LogP contribution in [0.2, 0.25) is 5.02 Å². The molecule has 2 heterocycles. The molecule has 4 aromatic rings. The van der Waals surface area contributed by atoms with E-state index in [0.717, 1.165) is 16.3 Å². The number of hydrogen-bond acceptors (Lipinski definition) is 7. The highest BCUT2D eigenvalue weighted by Gasteiger charge is 2.17. The van der Waals surface area contributed by atoms with Crippen molar-refractivity contribution in [2.75, 3.05) is 19.0 Å². The number of ether oxygens (including phenoxy) is 2. The third kappa shape index (κ3) is 4.58. The van der Waals surface area contributed by atoms with E-state index in [1.54, 1.807) is 42.4 Å². The fraction of sp³-hybridized carbons (Fsp3) is 0.100. The summed E-state index contributed by atoms with van der Waals surface area (Å²) in [5, 5.41) is 8.71. The number of benzene rings is 2. The van der Waals surface area contributed by atoms with Gasteiger partial charge in [-0.25, -0.2) is 14.6 Å². The molecule has 0 bridgehead atoms. The first-order valence-corrected chi connectivity index (χ1v) is 10.0. The molecule has 0 spiro atoms. The fourth-order valence-electron chi connectivity index (χ4n) is 2.61. The summed E-state index contributed by atoms with van der Waals surface area (Å²) < 4.78 is 12.3. The minimum Gasteiger partial charge on any atom is -0.497 e. The molecule has 0 atom stereocenters. The molecule has 8 nitrogen and oxygen atoms in total. The van der Waals surface area contributed by atoms with Crippen LogP contribution in [0.4, 0.5) is 5.13 Å². The summed E-state index contributed by atoms with van der Waals surface area (Å²) in [5.74, 6) is 0.963. The molecule has 152 valence electrons. The number of carbonyl (C=O) groups excluding carboxylic acids is 1. The van der Waals surface area contributed by atoms with Gasteiger partial charge in [0.1, 0.15) is 34.8 Å². The van der Waals surface area contributed by atoms with Crippen LogP contribution < -0.4 is 14.8 Å². The van der Waals surface area contributed by atoms with E-state index in [4.69, 9.17) is 21.1 Å². The van der Waals surface area contributed by atoms with Gasteiger partial charge in [0.15, 0.2) is 11.7 Å². The zero-order chi connectivity index (χ0) is 20.9. The largest absolute Gasteiger partial charge is 0.497 e. The van der Waals surface area contributed by atoms with Crippen molar-refractivity contribution in [2.24, 2.45) is 0 Å². The number of aromatic nitrogens is 4. The second-order valence-electron chi connectivity index (χ2n) is 6.03. The van der Waals surface area contributed by atoms with Crippen molar-refractivity contribution in [3.8, 4) is 27.8 Å². The van der Waals surface area contributed by atoms with E-state index in [-0.39, 0.29) is 12.5 Å². The normalized spacial score (nSPS) is 10.6. The molecule has 0 aliphatic rings. The Morgan fingerprint density at radius 1 is 1.13 bits per heavy atom. The van der Waals surface area contributed by atoms with E-state index in [1.807, 2.05) is 24.3 Å². The van der Waals surface area contributed by atoms with Crippen LogP contribution in [0.3, 0.4) is 0 Å². The number of thiazole rings is 1. The smallest absolute Gasteiger partial charge is 0.264 e. The van der Waals surface area contributed by atoms with Gasteiger partial charge in [-0.05, 0) is 48.5 Å². The quantitative estimate of drug-likeness (QED) is 0.465. The topological polar surface area (TPSA) is 91.2 Å². The Labute approximate surface area is 181 Å². The van der Waals surface area contributed by atoms with Crippen molar-refractivity contribution >= 4 is 34.0 Å². The van der Waals surface area contributed by atoms with Crippen molar-refractivity contribution < 1.29 is 14.3 Å². The second kappa shape index (κ2) is 8.93. The molecule has 4 rings (SSSR count). The summed E-state index contributed by atoms with van der Waals surface area (Å²) in [7, 11) is 1.61. The van der Waals surface area contributed by atoms with Crippen molar-refractivity contribution in [2.45, 2.75) is 0 Å². The summed E-state index contributed by atoms with van der Waals surface area (Å²) in [5.41, 5.74) is 1.53. The zero-order valence-corrected chi connectivity index (χ0v) is 17.4. The zero-order valence-electron chi connectivity index (χ0n) is 15.8. The molecule has 2 aromatic heterocycles. The van der Waals surface area contributed by atoms with Crippen molar-refractivity contribution in [3.05, 3.63) is 66.2 Å². The van der Waals surface area contributed by atoms with Crippen molar-refractivity contribution in [3.63, 3.8) is 0 Å². The molecule has 10 heteroatoms. The van der Waals surface area contributed by atoms with Gasteiger partial charge < -0.3 is 9.47 Å². The van der Waals surface area contributed by atoms with Crippen molar-refractivity contribution in [1.82, 2.24) is 19.7 Å². The average Bonchev–Trinajstić information content (AvgIpc) is 3.43. The number of methoxy groups -OCH3 is 1. The number of rotatable bonds is 7. The molecule has 0 unspecified atom stereocenters. The fourth-order valence-corrected chi connectivity index (χ4v) is 3.66. The van der Waals surface area contributed by atoms with Crippen LogP contribution in [0.15, 0.2) is 61.2 Å². The van der Waals surface area contributed by atoms with E-state index < -0.39 is 0 Å². The average molecular weight is 442 g/mol. The predicted molar refractivity (Wildman–Crippen MR) is 115 cm³/mol. The van der Waals surface area contributed by atoms with Gasteiger partial charge >= 0.3 is 0 Å². The molecule has 30 heavy (non-hydrogen) atoms. The Morgan fingerprint density at radius 2 is 1.87 bits per heavy atom. The Hall–Kier alpha value is -3.43. The highest BCUT2D eigenvalue weighted by atomic mass is 35.5. The number of halogens is 1. The molecule has 0 saturated carbocycles. The van der Waals surface area contributed by atoms with Crippen LogP contribution in [0.25, 0.3) is 16.3 Å². The van der Waals surface area contributed by atoms with Gasteiger partial charge in [0.05, 0.1) is 7.11 Å². The summed E-state index contributed by atoms with van der Waals surface area (Å²) >= 11 is 7.14. The van der Waals surface area contributed by atoms with Gasteiger partial charge in [-0.1, -0.05) is 22.9 Å². The van der Waals surface area contributed by atoms with Gasteiger partial charge in [0, 0.05) is 10.6 Å². The highest BCUT2D eigenvalue weighted by Crippen LogP contribution is 2.34. The van der Waals surface area contributed by atoms with Crippen LogP contribution in [-0.4, -0.2) is 39.4 Å². The molecule has 0 aliphatic heterocycles. The van der Waals surface area contributed by atoms with E-state index in [9.17, 15) is 4.79 Å². The number of nitrogens with zero attached hydrogens (tertiary/aromatic N) is 4. The summed E-state index contributed by atoms with van der Waals surface area (Å²) in [6.07, 6.45) is 3.02. The number of nitrogens with one attached hydrogen (secondary N) is 1. The van der Waals surface area contributed by atoms with Crippen LogP contribution in [0.1, 0.15) is 0 Å². The van der Waals surface area contributed by atoms with Crippen molar-refractivity contribution in [1.29, 1.82) is 0 Å². The Kier molecular flexibility index (Phi) is 5.92. The minimum atomic E-state index is -0.329. The molecule has 1 N–H and O–H groups in total. The summed E-state index contributed by atoms with van der Waals surface area (Å²) in [6, 6.07) is 14.3. The standard InChI is InChI=1S/C20H16ClN5O3S/c1-28-15-6-2-13(3-7-15)18-19(26-12-22-11-23-26)30-20(25-18)24-17(27)10-29-16-8-4-14(21)5-9-16/h2-9,11-12H,10H2,1H3,(H,24,25,27). The minimum absolute atomic E-state index is 0.155. The lowest BCUT2D eigenvalue weighted by Gasteiger charge is -2.05. The number of hydrogen-bond donors (Lipinski definition) is 1. The molecular formula is C20H16ClN5O3S. The first kappa shape index (κ1) is 19.9. The molecule has 0 aliphatic carbocycles. The number of amides is 1. The molecule has 0 radical (unpaired) electrons. The van der Waals surface area contributed by atoms with Crippen LogP contribution >= 0.6 is 22.9 Å². The van der Waals surface area contributed by atoms with Crippen LogP contribution in [0, 0.1) is 0 Å². The number of anilines is 1. The maximum absolute atomic E-state index is 12.3. The molecule has 1 amide bonds. The third-order valence-electron chi connectivity index (χ3n) is 4.03. The van der Waals surface area contributed by atoms with E-state index in [1.165, 1.54) is 17.7 Å². The maximum atomic E-state index is 12.3. The highest BCUT2D eigenvalue weighted by molar-refractivity contribution is 7.18. The summed E-state index contributed by atoms with van der Waals surface area (Å²) in [6.45, 7) is -0.155. The summed E-state index contributed by atoms with van der Waals surface area (Å²) in [4.78, 5) is 20.9.